The van der Waals surface area contributed by atoms with E-state index < -0.39 is 21.8 Å². The molecule has 2 rings (SSSR count). The second-order valence-corrected chi connectivity index (χ2v) is 6.60. The number of nitrogens with one attached hydrogen (secondary N) is 1. The first-order chi connectivity index (χ1) is 8.31. The van der Waals surface area contributed by atoms with Crippen LogP contribution in [0.5, 0.6) is 0 Å². The zero-order chi connectivity index (χ0) is 13.5. The number of carboxylic acids is 1. The van der Waals surface area contributed by atoms with Gasteiger partial charge in [0.05, 0.1) is 28.8 Å². The Labute approximate surface area is 106 Å². The van der Waals surface area contributed by atoms with Crippen molar-refractivity contribution in [2.75, 3.05) is 11.1 Å². The molecule has 0 aliphatic carbocycles. The van der Waals surface area contributed by atoms with Crippen LogP contribution < -0.4 is 5.32 Å². The number of carbonyl (C=O) groups is 1. The van der Waals surface area contributed by atoms with Crippen LogP contribution in [0.2, 0.25) is 0 Å². The van der Waals surface area contributed by atoms with Crippen LogP contribution in [0.3, 0.4) is 0 Å². The van der Waals surface area contributed by atoms with Gasteiger partial charge in [-0.1, -0.05) is 6.07 Å². The Hall–Kier alpha value is -1.56. The second-order valence-electron chi connectivity index (χ2n) is 4.60. The van der Waals surface area contributed by atoms with Crippen molar-refractivity contribution in [3.63, 3.8) is 0 Å². The molecule has 98 valence electrons. The van der Waals surface area contributed by atoms with Crippen molar-refractivity contribution in [1.82, 2.24) is 0 Å². The fraction of sp³-hybridized carbons (Fsp3) is 0.417. The van der Waals surface area contributed by atoms with Gasteiger partial charge in [-0.2, -0.15) is 0 Å². The summed E-state index contributed by atoms with van der Waals surface area (Å²) in [5.74, 6) is -1.18. The number of anilines is 1. The van der Waals surface area contributed by atoms with E-state index >= 15 is 0 Å². The minimum absolute atomic E-state index is 0.172. The van der Waals surface area contributed by atoms with Gasteiger partial charge in [0.15, 0.2) is 9.84 Å². The van der Waals surface area contributed by atoms with Gasteiger partial charge >= 0.3 is 5.97 Å². The van der Waals surface area contributed by atoms with Crippen LogP contribution in [0.25, 0.3) is 0 Å². The number of carboxylic acid groups (broad SMARTS) is 1. The summed E-state index contributed by atoms with van der Waals surface area (Å²) in [6.45, 7) is 3.73. The lowest BCUT2D eigenvalue weighted by molar-refractivity contribution is -0.137. The Balaban J connectivity index is 2.51. The molecular formula is C12H15NO4S. The number of benzene rings is 1. The normalized spacial score (nSPS) is 20.9. The average Bonchev–Trinajstić information content (AvgIpc) is 2.22. The maximum Gasteiger partial charge on any atom is 0.305 e. The number of fused-ring (bicyclic) bond motifs is 1. The van der Waals surface area contributed by atoms with Gasteiger partial charge < -0.3 is 10.4 Å². The maximum absolute atomic E-state index is 12.1. The molecule has 1 atom stereocenters. The van der Waals surface area contributed by atoms with Crippen molar-refractivity contribution in [2.24, 2.45) is 0 Å². The van der Waals surface area contributed by atoms with E-state index in [1.54, 1.807) is 12.1 Å². The Morgan fingerprint density at radius 3 is 2.72 bits per heavy atom. The summed E-state index contributed by atoms with van der Waals surface area (Å²) in [5, 5.41) is 11.8. The topological polar surface area (TPSA) is 83.5 Å². The van der Waals surface area contributed by atoms with Gasteiger partial charge in [-0.25, -0.2) is 8.42 Å². The minimum atomic E-state index is -3.40. The first kappa shape index (κ1) is 12.9. The first-order valence-corrected chi connectivity index (χ1v) is 7.28. The molecule has 0 aromatic heterocycles. The third-order valence-electron chi connectivity index (χ3n) is 3.22. The van der Waals surface area contributed by atoms with E-state index in [0.29, 0.717) is 5.69 Å². The second kappa shape index (κ2) is 4.28. The predicted molar refractivity (Wildman–Crippen MR) is 67.6 cm³/mol. The third kappa shape index (κ3) is 2.20. The molecule has 1 heterocycles. The largest absolute Gasteiger partial charge is 0.481 e. The molecule has 0 radical (unpaired) electrons. The summed E-state index contributed by atoms with van der Waals surface area (Å²) >= 11 is 0. The molecule has 2 N–H and O–H groups in total. The summed E-state index contributed by atoms with van der Waals surface area (Å²) in [6, 6.07) is 2.78. The van der Waals surface area contributed by atoms with E-state index in [1.165, 1.54) is 0 Å². The number of hydrogen-bond acceptors (Lipinski definition) is 4. The number of aliphatic carboxylic acids is 1. The monoisotopic (exact) mass is 269 g/mol. The van der Waals surface area contributed by atoms with Gasteiger partial charge in [0.1, 0.15) is 0 Å². The highest BCUT2D eigenvalue weighted by Gasteiger charge is 2.32. The van der Waals surface area contributed by atoms with E-state index in [9.17, 15) is 13.2 Å². The number of aryl methyl sites for hydroxylation is 1. The highest BCUT2D eigenvalue weighted by molar-refractivity contribution is 7.91. The predicted octanol–water partition coefficient (Wildman–Crippen LogP) is 1.35. The van der Waals surface area contributed by atoms with E-state index in [-0.39, 0.29) is 17.1 Å². The van der Waals surface area contributed by atoms with Crippen LogP contribution in [0.1, 0.15) is 17.5 Å². The van der Waals surface area contributed by atoms with Crippen molar-refractivity contribution >= 4 is 21.5 Å². The number of sulfone groups is 1. The first-order valence-electron chi connectivity index (χ1n) is 5.62. The summed E-state index contributed by atoms with van der Waals surface area (Å²) in [5.41, 5.74) is 2.38. The van der Waals surface area contributed by atoms with Gasteiger partial charge in [-0.05, 0) is 31.0 Å². The molecule has 5 nitrogen and oxygen atoms in total. The molecule has 1 unspecified atom stereocenters. The molecule has 1 aromatic carbocycles. The Morgan fingerprint density at radius 2 is 2.11 bits per heavy atom. The van der Waals surface area contributed by atoms with Crippen molar-refractivity contribution < 1.29 is 18.3 Å². The lowest BCUT2D eigenvalue weighted by Gasteiger charge is -2.28. The average molecular weight is 269 g/mol. The molecule has 0 bridgehead atoms. The lowest BCUT2D eigenvalue weighted by atomic mass is 10.1. The van der Waals surface area contributed by atoms with Crippen LogP contribution >= 0.6 is 0 Å². The standard InChI is InChI=1S/C12H15NO4S/c1-7-3-4-10-12(8(7)2)13-9(5-11(14)15)6-18(10,16)17/h3-4,9,13H,5-6H2,1-2H3,(H,14,15). The van der Waals surface area contributed by atoms with E-state index in [0.717, 1.165) is 11.1 Å². The Morgan fingerprint density at radius 1 is 1.44 bits per heavy atom. The SMILES string of the molecule is Cc1ccc2c(c1C)NC(CC(=O)O)CS2(=O)=O. The van der Waals surface area contributed by atoms with E-state index in [1.807, 2.05) is 13.8 Å². The number of hydrogen-bond donors (Lipinski definition) is 2. The van der Waals surface area contributed by atoms with Crippen LogP contribution in [0.15, 0.2) is 17.0 Å². The van der Waals surface area contributed by atoms with Crippen LogP contribution in [-0.2, 0) is 14.6 Å². The molecule has 0 spiro atoms. The lowest BCUT2D eigenvalue weighted by Crippen LogP contribution is -2.36. The summed E-state index contributed by atoms with van der Waals surface area (Å²) in [6.07, 6.45) is -0.202. The molecule has 6 heteroatoms. The molecule has 0 saturated heterocycles. The highest BCUT2D eigenvalue weighted by Crippen LogP contribution is 2.33. The minimum Gasteiger partial charge on any atom is -0.481 e. The van der Waals surface area contributed by atoms with Gasteiger partial charge in [-0.3, -0.25) is 4.79 Å². The fourth-order valence-electron chi connectivity index (χ4n) is 2.15. The third-order valence-corrected chi connectivity index (χ3v) is 5.07. The molecule has 1 aliphatic heterocycles. The van der Waals surface area contributed by atoms with Crippen LogP contribution in [0, 0.1) is 13.8 Å². The number of rotatable bonds is 2. The van der Waals surface area contributed by atoms with Crippen LogP contribution in [0.4, 0.5) is 5.69 Å². The molecule has 0 saturated carbocycles. The van der Waals surface area contributed by atoms with Crippen LogP contribution in [-0.4, -0.2) is 31.3 Å². The Kier molecular flexibility index (Phi) is 3.06. The van der Waals surface area contributed by atoms with Crippen molar-refractivity contribution in [2.45, 2.75) is 31.2 Å². The van der Waals surface area contributed by atoms with E-state index in [4.69, 9.17) is 5.11 Å². The molecule has 1 aliphatic rings. The van der Waals surface area contributed by atoms with Crippen molar-refractivity contribution in [3.8, 4) is 0 Å². The van der Waals surface area contributed by atoms with Gasteiger partial charge in [0, 0.05) is 0 Å². The molecular weight excluding hydrogens is 254 g/mol. The molecule has 0 fully saturated rings. The highest BCUT2D eigenvalue weighted by atomic mass is 32.2. The zero-order valence-electron chi connectivity index (χ0n) is 10.2. The summed E-state index contributed by atoms with van der Waals surface area (Å²) in [4.78, 5) is 11.0. The summed E-state index contributed by atoms with van der Waals surface area (Å²) in [7, 11) is -3.40. The van der Waals surface area contributed by atoms with Crippen molar-refractivity contribution in [3.05, 3.63) is 23.3 Å². The molecule has 18 heavy (non-hydrogen) atoms. The van der Waals surface area contributed by atoms with Gasteiger partial charge in [0.2, 0.25) is 0 Å². The smallest absolute Gasteiger partial charge is 0.305 e. The van der Waals surface area contributed by atoms with E-state index in [2.05, 4.69) is 5.32 Å². The quantitative estimate of drug-likeness (QED) is 0.846. The van der Waals surface area contributed by atoms with Gasteiger partial charge in [0.25, 0.3) is 0 Å². The fourth-order valence-corrected chi connectivity index (χ4v) is 3.86. The Bertz CT molecular complexity index is 607. The van der Waals surface area contributed by atoms with Crippen molar-refractivity contribution in [1.29, 1.82) is 0 Å². The maximum atomic E-state index is 12.1. The molecule has 0 amide bonds. The van der Waals surface area contributed by atoms with Gasteiger partial charge in [-0.15, -0.1) is 0 Å². The zero-order valence-corrected chi connectivity index (χ0v) is 11.0. The molecule has 1 aromatic rings. The summed E-state index contributed by atoms with van der Waals surface area (Å²) < 4.78 is 24.2.